The molecule has 3 heteroatoms. The first-order chi connectivity index (χ1) is 8.15. The van der Waals surface area contributed by atoms with Gasteiger partial charge in [0.1, 0.15) is 0 Å². The molecule has 0 aromatic heterocycles. The standard InChI is InChI=1S/C14H20BrNO/c1-10(2)17-14(9-16-13-6-7-13)11-4-3-5-12(15)8-11/h3-5,8,10,13-14,16H,6-7,9H2,1-2H3. The summed E-state index contributed by atoms with van der Waals surface area (Å²) in [6.07, 6.45) is 3.02. The minimum absolute atomic E-state index is 0.146. The molecule has 1 N–H and O–H groups in total. The molecular weight excluding hydrogens is 278 g/mol. The van der Waals surface area contributed by atoms with E-state index in [0.29, 0.717) is 0 Å². The molecule has 0 heterocycles. The van der Waals surface area contributed by atoms with Crippen LogP contribution < -0.4 is 5.32 Å². The molecule has 1 aromatic rings. The first-order valence-corrected chi connectivity index (χ1v) is 7.09. The third-order valence-corrected chi connectivity index (χ3v) is 3.32. The van der Waals surface area contributed by atoms with E-state index in [1.165, 1.54) is 18.4 Å². The predicted molar refractivity (Wildman–Crippen MR) is 74.1 cm³/mol. The van der Waals surface area contributed by atoms with Gasteiger partial charge in [-0.2, -0.15) is 0 Å². The van der Waals surface area contributed by atoms with Crippen LogP contribution >= 0.6 is 15.9 Å². The van der Waals surface area contributed by atoms with E-state index in [1.54, 1.807) is 0 Å². The monoisotopic (exact) mass is 297 g/mol. The molecule has 1 aliphatic carbocycles. The van der Waals surface area contributed by atoms with Gasteiger partial charge in [0.25, 0.3) is 0 Å². The molecule has 0 bridgehead atoms. The quantitative estimate of drug-likeness (QED) is 0.865. The van der Waals surface area contributed by atoms with Gasteiger partial charge in [0.05, 0.1) is 12.2 Å². The van der Waals surface area contributed by atoms with E-state index in [1.807, 2.05) is 6.07 Å². The zero-order chi connectivity index (χ0) is 12.3. The van der Waals surface area contributed by atoms with Gasteiger partial charge >= 0.3 is 0 Å². The van der Waals surface area contributed by atoms with Crippen LogP contribution in [-0.4, -0.2) is 18.7 Å². The summed E-state index contributed by atoms with van der Waals surface area (Å²) in [5, 5.41) is 3.54. The van der Waals surface area contributed by atoms with Crippen LogP contribution in [0.5, 0.6) is 0 Å². The summed E-state index contributed by atoms with van der Waals surface area (Å²) in [5.74, 6) is 0. The van der Waals surface area contributed by atoms with Crippen molar-refractivity contribution in [3.05, 3.63) is 34.3 Å². The summed E-state index contributed by atoms with van der Waals surface area (Å²) in [6.45, 7) is 5.07. The topological polar surface area (TPSA) is 21.3 Å². The largest absolute Gasteiger partial charge is 0.370 e. The van der Waals surface area contributed by atoms with E-state index >= 15 is 0 Å². The Morgan fingerprint density at radius 1 is 1.41 bits per heavy atom. The summed E-state index contributed by atoms with van der Waals surface area (Å²) < 4.78 is 7.10. The lowest BCUT2D eigenvalue weighted by Gasteiger charge is -2.21. The van der Waals surface area contributed by atoms with Crippen LogP contribution in [0.4, 0.5) is 0 Å². The van der Waals surface area contributed by atoms with Crippen LogP contribution in [0.1, 0.15) is 38.4 Å². The van der Waals surface area contributed by atoms with Gasteiger partial charge in [-0.25, -0.2) is 0 Å². The lowest BCUT2D eigenvalue weighted by Crippen LogP contribution is -2.26. The smallest absolute Gasteiger partial charge is 0.0953 e. The minimum Gasteiger partial charge on any atom is -0.370 e. The Morgan fingerprint density at radius 3 is 2.76 bits per heavy atom. The Kier molecular flexibility index (Phi) is 4.60. The van der Waals surface area contributed by atoms with E-state index in [9.17, 15) is 0 Å². The molecule has 1 fully saturated rings. The van der Waals surface area contributed by atoms with Crippen molar-refractivity contribution in [2.45, 2.75) is 44.9 Å². The lowest BCUT2D eigenvalue weighted by molar-refractivity contribution is 0.00690. The van der Waals surface area contributed by atoms with Gasteiger partial charge in [-0.3, -0.25) is 0 Å². The Labute approximate surface area is 112 Å². The maximum absolute atomic E-state index is 5.99. The second kappa shape index (κ2) is 5.98. The first kappa shape index (κ1) is 13.1. The van der Waals surface area contributed by atoms with E-state index in [-0.39, 0.29) is 12.2 Å². The highest BCUT2D eigenvalue weighted by atomic mass is 79.9. The molecular formula is C14H20BrNO. The van der Waals surface area contributed by atoms with Gasteiger partial charge in [0.15, 0.2) is 0 Å². The van der Waals surface area contributed by atoms with Gasteiger partial charge in [0.2, 0.25) is 0 Å². The average molecular weight is 298 g/mol. The van der Waals surface area contributed by atoms with E-state index < -0.39 is 0 Å². The highest BCUT2D eigenvalue weighted by molar-refractivity contribution is 9.10. The van der Waals surface area contributed by atoms with Crippen molar-refractivity contribution < 1.29 is 4.74 Å². The fourth-order valence-electron chi connectivity index (χ4n) is 1.84. The molecule has 1 unspecified atom stereocenters. The van der Waals surface area contributed by atoms with Gasteiger partial charge in [-0.1, -0.05) is 28.1 Å². The molecule has 1 saturated carbocycles. The molecule has 0 spiro atoms. The van der Waals surface area contributed by atoms with Crippen LogP contribution in [0.25, 0.3) is 0 Å². The van der Waals surface area contributed by atoms with Crippen molar-refractivity contribution in [1.82, 2.24) is 5.32 Å². The number of nitrogens with one attached hydrogen (secondary N) is 1. The molecule has 0 amide bonds. The van der Waals surface area contributed by atoms with Gasteiger partial charge in [-0.15, -0.1) is 0 Å². The predicted octanol–water partition coefficient (Wildman–Crippen LogP) is 3.67. The van der Waals surface area contributed by atoms with Gasteiger partial charge < -0.3 is 10.1 Å². The van der Waals surface area contributed by atoms with Crippen LogP contribution in [0.15, 0.2) is 28.7 Å². The minimum atomic E-state index is 0.146. The van der Waals surface area contributed by atoms with E-state index in [2.05, 4.69) is 53.3 Å². The third kappa shape index (κ3) is 4.41. The SMILES string of the molecule is CC(C)OC(CNC1CC1)c1cccc(Br)c1. The Balaban J connectivity index is 2.01. The molecule has 0 aliphatic heterocycles. The van der Waals surface area contributed by atoms with Crippen LogP contribution in [0.2, 0.25) is 0 Å². The van der Waals surface area contributed by atoms with Crippen LogP contribution in [0.3, 0.4) is 0 Å². The number of ether oxygens (including phenoxy) is 1. The molecule has 2 rings (SSSR count). The number of hydrogen-bond donors (Lipinski definition) is 1. The fraction of sp³-hybridized carbons (Fsp3) is 0.571. The molecule has 17 heavy (non-hydrogen) atoms. The molecule has 1 atom stereocenters. The summed E-state index contributed by atoms with van der Waals surface area (Å²) in [7, 11) is 0. The zero-order valence-corrected chi connectivity index (χ0v) is 12.0. The van der Waals surface area contributed by atoms with E-state index in [4.69, 9.17) is 4.74 Å². The summed E-state index contributed by atoms with van der Waals surface area (Å²) in [4.78, 5) is 0. The zero-order valence-electron chi connectivity index (χ0n) is 10.4. The Bertz CT molecular complexity index is 363. The van der Waals surface area contributed by atoms with E-state index in [0.717, 1.165) is 17.1 Å². The van der Waals surface area contributed by atoms with Crippen LogP contribution in [-0.2, 0) is 4.74 Å². The van der Waals surface area contributed by atoms with Crippen LogP contribution in [0, 0.1) is 0 Å². The third-order valence-electron chi connectivity index (χ3n) is 2.83. The average Bonchev–Trinajstić information content (AvgIpc) is 3.07. The Morgan fingerprint density at radius 2 is 2.18 bits per heavy atom. The summed E-state index contributed by atoms with van der Waals surface area (Å²) in [6, 6.07) is 9.10. The lowest BCUT2D eigenvalue weighted by atomic mass is 10.1. The number of hydrogen-bond acceptors (Lipinski definition) is 2. The molecule has 0 saturated heterocycles. The van der Waals surface area contributed by atoms with Gasteiger partial charge in [0, 0.05) is 17.1 Å². The number of halogens is 1. The molecule has 2 nitrogen and oxygen atoms in total. The second-order valence-electron chi connectivity index (χ2n) is 4.91. The normalized spacial score (nSPS) is 17.4. The molecule has 1 aromatic carbocycles. The van der Waals surface area contributed by atoms with Crippen molar-refractivity contribution in [1.29, 1.82) is 0 Å². The number of rotatable bonds is 6. The summed E-state index contributed by atoms with van der Waals surface area (Å²) in [5.41, 5.74) is 1.24. The van der Waals surface area contributed by atoms with Crippen molar-refractivity contribution >= 4 is 15.9 Å². The number of benzene rings is 1. The molecule has 0 radical (unpaired) electrons. The maximum Gasteiger partial charge on any atom is 0.0953 e. The van der Waals surface area contributed by atoms with Gasteiger partial charge in [-0.05, 0) is 44.4 Å². The second-order valence-corrected chi connectivity index (χ2v) is 5.83. The van der Waals surface area contributed by atoms with Crippen molar-refractivity contribution in [2.75, 3.05) is 6.54 Å². The summed E-state index contributed by atoms with van der Waals surface area (Å²) >= 11 is 3.51. The van der Waals surface area contributed by atoms with Crippen molar-refractivity contribution in [3.63, 3.8) is 0 Å². The maximum atomic E-state index is 5.99. The fourth-order valence-corrected chi connectivity index (χ4v) is 2.26. The highest BCUT2D eigenvalue weighted by Crippen LogP contribution is 2.24. The highest BCUT2D eigenvalue weighted by Gasteiger charge is 2.23. The molecule has 94 valence electrons. The first-order valence-electron chi connectivity index (χ1n) is 6.29. The van der Waals surface area contributed by atoms with Crippen molar-refractivity contribution in [2.24, 2.45) is 0 Å². The van der Waals surface area contributed by atoms with Crippen molar-refractivity contribution in [3.8, 4) is 0 Å². The molecule has 1 aliphatic rings. The Hall–Kier alpha value is -0.380.